The van der Waals surface area contributed by atoms with Crippen molar-refractivity contribution in [1.29, 1.82) is 0 Å². The third kappa shape index (κ3) is 2.04. The smallest absolute Gasteiger partial charge is 0.151 e. The van der Waals surface area contributed by atoms with Gasteiger partial charge in [0.15, 0.2) is 5.15 Å². The second-order valence-corrected chi connectivity index (χ2v) is 4.16. The van der Waals surface area contributed by atoms with E-state index in [0.29, 0.717) is 11.2 Å². The molecule has 1 aliphatic heterocycles. The van der Waals surface area contributed by atoms with E-state index in [1.54, 1.807) is 0 Å². The zero-order valence-electron chi connectivity index (χ0n) is 8.28. The monoisotopic (exact) mass is 211 g/mol. The SMILES string of the molecule is CN1CCCCC1c1ccc(Cl)nn1. The van der Waals surface area contributed by atoms with E-state index in [0.717, 1.165) is 12.2 Å². The predicted octanol–water partition coefficient (Wildman–Crippen LogP) is 2.29. The first-order valence-corrected chi connectivity index (χ1v) is 5.34. The molecule has 14 heavy (non-hydrogen) atoms. The lowest BCUT2D eigenvalue weighted by molar-refractivity contribution is 0.182. The Morgan fingerprint density at radius 2 is 2.21 bits per heavy atom. The van der Waals surface area contributed by atoms with Crippen LogP contribution in [0, 0.1) is 0 Å². The molecule has 0 amide bonds. The summed E-state index contributed by atoms with van der Waals surface area (Å²) in [6, 6.07) is 4.21. The molecule has 1 aromatic rings. The van der Waals surface area contributed by atoms with Gasteiger partial charge in [-0.15, -0.1) is 5.10 Å². The van der Waals surface area contributed by atoms with Crippen LogP contribution in [0.15, 0.2) is 12.1 Å². The van der Waals surface area contributed by atoms with Crippen molar-refractivity contribution in [3.8, 4) is 0 Å². The Kier molecular flexibility index (Phi) is 2.99. The fourth-order valence-corrected chi connectivity index (χ4v) is 2.05. The van der Waals surface area contributed by atoms with E-state index in [-0.39, 0.29) is 0 Å². The van der Waals surface area contributed by atoms with Gasteiger partial charge in [-0.2, -0.15) is 5.10 Å². The van der Waals surface area contributed by atoms with Crippen LogP contribution < -0.4 is 0 Å². The Labute approximate surface area is 89.1 Å². The largest absolute Gasteiger partial charge is 0.298 e. The molecule has 0 bridgehead atoms. The second-order valence-electron chi connectivity index (χ2n) is 3.77. The van der Waals surface area contributed by atoms with Gasteiger partial charge in [0.1, 0.15) is 0 Å². The van der Waals surface area contributed by atoms with Crippen LogP contribution >= 0.6 is 11.6 Å². The minimum atomic E-state index is 0.425. The Morgan fingerprint density at radius 3 is 2.86 bits per heavy atom. The highest BCUT2D eigenvalue weighted by atomic mass is 35.5. The van der Waals surface area contributed by atoms with Crippen LogP contribution in [0.1, 0.15) is 31.0 Å². The van der Waals surface area contributed by atoms with Crippen molar-refractivity contribution in [3.05, 3.63) is 23.0 Å². The molecular weight excluding hydrogens is 198 g/mol. The highest BCUT2D eigenvalue weighted by Gasteiger charge is 2.21. The average Bonchev–Trinajstić information content (AvgIpc) is 2.20. The molecule has 2 heterocycles. The fraction of sp³-hybridized carbons (Fsp3) is 0.600. The summed E-state index contributed by atoms with van der Waals surface area (Å²) in [6.45, 7) is 1.15. The number of nitrogens with zero attached hydrogens (tertiary/aromatic N) is 3. The molecule has 1 aliphatic rings. The zero-order chi connectivity index (χ0) is 9.97. The Bertz CT molecular complexity index is 299. The van der Waals surface area contributed by atoms with Gasteiger partial charge < -0.3 is 0 Å². The summed E-state index contributed by atoms with van der Waals surface area (Å²) in [4.78, 5) is 2.33. The van der Waals surface area contributed by atoms with E-state index >= 15 is 0 Å². The molecule has 0 aliphatic carbocycles. The number of likely N-dealkylation sites (tertiary alicyclic amines) is 1. The van der Waals surface area contributed by atoms with Gasteiger partial charge in [-0.1, -0.05) is 18.0 Å². The van der Waals surface area contributed by atoms with Crippen LogP contribution in [-0.4, -0.2) is 28.7 Å². The van der Waals surface area contributed by atoms with Crippen molar-refractivity contribution in [3.63, 3.8) is 0 Å². The van der Waals surface area contributed by atoms with E-state index < -0.39 is 0 Å². The highest BCUT2D eigenvalue weighted by molar-refractivity contribution is 6.29. The minimum Gasteiger partial charge on any atom is -0.298 e. The van der Waals surface area contributed by atoms with Crippen molar-refractivity contribution >= 4 is 11.6 Å². The third-order valence-electron chi connectivity index (χ3n) is 2.76. The lowest BCUT2D eigenvalue weighted by Crippen LogP contribution is -2.30. The van der Waals surface area contributed by atoms with Crippen LogP contribution in [0.25, 0.3) is 0 Å². The maximum absolute atomic E-state index is 5.70. The summed E-state index contributed by atoms with van der Waals surface area (Å²) in [5.41, 5.74) is 1.04. The van der Waals surface area contributed by atoms with Crippen LogP contribution in [-0.2, 0) is 0 Å². The average molecular weight is 212 g/mol. The molecule has 0 N–H and O–H groups in total. The Hall–Kier alpha value is -0.670. The highest BCUT2D eigenvalue weighted by Crippen LogP contribution is 2.27. The van der Waals surface area contributed by atoms with Crippen molar-refractivity contribution in [2.45, 2.75) is 25.3 Å². The molecule has 3 nitrogen and oxygen atoms in total. The van der Waals surface area contributed by atoms with E-state index in [1.807, 2.05) is 12.1 Å². The number of rotatable bonds is 1. The first kappa shape index (κ1) is 9.87. The molecule has 1 aromatic heterocycles. The summed E-state index contributed by atoms with van der Waals surface area (Å²) in [5.74, 6) is 0. The van der Waals surface area contributed by atoms with Gasteiger partial charge in [0.2, 0.25) is 0 Å². The Morgan fingerprint density at radius 1 is 1.36 bits per heavy atom. The molecule has 0 aromatic carbocycles. The molecule has 0 radical (unpaired) electrons. The molecule has 1 saturated heterocycles. The van der Waals surface area contributed by atoms with Gasteiger partial charge in [0.25, 0.3) is 0 Å². The molecule has 1 unspecified atom stereocenters. The lowest BCUT2D eigenvalue weighted by atomic mass is 10.00. The van der Waals surface area contributed by atoms with Gasteiger partial charge in [-0.05, 0) is 38.6 Å². The van der Waals surface area contributed by atoms with Crippen LogP contribution in [0.3, 0.4) is 0 Å². The number of hydrogen-bond donors (Lipinski definition) is 0. The van der Waals surface area contributed by atoms with Gasteiger partial charge in [0.05, 0.1) is 11.7 Å². The molecule has 4 heteroatoms. The van der Waals surface area contributed by atoms with E-state index in [4.69, 9.17) is 11.6 Å². The molecular formula is C10H14ClN3. The first-order chi connectivity index (χ1) is 6.77. The number of aromatic nitrogens is 2. The summed E-state index contributed by atoms with van der Waals surface area (Å²) < 4.78 is 0. The predicted molar refractivity (Wildman–Crippen MR) is 56.3 cm³/mol. The van der Waals surface area contributed by atoms with Gasteiger partial charge >= 0.3 is 0 Å². The summed E-state index contributed by atoms with van der Waals surface area (Å²) >= 11 is 5.70. The molecule has 0 spiro atoms. The van der Waals surface area contributed by atoms with Crippen molar-refractivity contribution in [1.82, 2.24) is 15.1 Å². The van der Waals surface area contributed by atoms with Crippen molar-refractivity contribution in [2.24, 2.45) is 0 Å². The lowest BCUT2D eigenvalue weighted by Gasteiger charge is -2.31. The van der Waals surface area contributed by atoms with Crippen LogP contribution in [0.4, 0.5) is 0 Å². The van der Waals surface area contributed by atoms with Crippen molar-refractivity contribution in [2.75, 3.05) is 13.6 Å². The fourth-order valence-electron chi connectivity index (χ4n) is 1.95. The van der Waals surface area contributed by atoms with Crippen molar-refractivity contribution < 1.29 is 0 Å². The minimum absolute atomic E-state index is 0.425. The maximum atomic E-state index is 5.70. The third-order valence-corrected chi connectivity index (χ3v) is 2.97. The number of halogens is 1. The number of hydrogen-bond acceptors (Lipinski definition) is 3. The van der Waals surface area contributed by atoms with E-state index in [2.05, 4.69) is 22.1 Å². The molecule has 2 rings (SSSR count). The Balaban J connectivity index is 2.16. The standard InChI is InChI=1S/C10H14ClN3/c1-14-7-3-2-4-9(14)8-5-6-10(11)13-12-8/h5-6,9H,2-4,7H2,1H3. The summed E-state index contributed by atoms with van der Waals surface area (Å²) in [6.07, 6.45) is 3.74. The topological polar surface area (TPSA) is 29.0 Å². The first-order valence-electron chi connectivity index (χ1n) is 4.97. The van der Waals surface area contributed by atoms with Crippen LogP contribution in [0.2, 0.25) is 5.15 Å². The summed E-state index contributed by atoms with van der Waals surface area (Å²) in [5, 5.41) is 8.47. The molecule has 1 atom stereocenters. The van der Waals surface area contributed by atoms with Gasteiger partial charge in [-0.25, -0.2) is 0 Å². The number of piperidine rings is 1. The maximum Gasteiger partial charge on any atom is 0.151 e. The van der Waals surface area contributed by atoms with Gasteiger partial charge in [-0.3, -0.25) is 4.90 Å². The normalized spacial score (nSPS) is 23.7. The van der Waals surface area contributed by atoms with Gasteiger partial charge in [0, 0.05) is 0 Å². The molecule has 0 saturated carbocycles. The van der Waals surface area contributed by atoms with Crippen LogP contribution in [0.5, 0.6) is 0 Å². The molecule has 1 fully saturated rings. The zero-order valence-corrected chi connectivity index (χ0v) is 9.04. The van der Waals surface area contributed by atoms with E-state index in [1.165, 1.54) is 19.3 Å². The summed E-state index contributed by atoms with van der Waals surface area (Å²) in [7, 11) is 2.14. The molecule has 76 valence electrons. The van der Waals surface area contributed by atoms with E-state index in [9.17, 15) is 0 Å². The second kappa shape index (κ2) is 4.24. The quantitative estimate of drug-likeness (QED) is 0.714.